The molecule has 0 radical (unpaired) electrons. The average molecular weight is 258 g/mol. The second-order valence-corrected chi connectivity index (χ2v) is 5.44. The summed E-state index contributed by atoms with van der Waals surface area (Å²) in [4.78, 5) is 2.29. The molecule has 2 heterocycles. The van der Waals surface area contributed by atoms with Crippen LogP contribution in [0.4, 0.5) is 0 Å². The number of likely N-dealkylation sites (tertiary alicyclic amines) is 1. The van der Waals surface area contributed by atoms with Crippen LogP contribution in [0.25, 0.3) is 0 Å². The van der Waals surface area contributed by atoms with E-state index in [1.807, 2.05) is 25.1 Å². The van der Waals surface area contributed by atoms with Crippen LogP contribution < -0.4 is 9.47 Å². The molecular formula is C15H18N2O2. The highest BCUT2D eigenvalue weighted by atomic mass is 16.7. The Balaban J connectivity index is 1.81. The van der Waals surface area contributed by atoms with E-state index in [4.69, 9.17) is 9.47 Å². The maximum atomic E-state index is 9.55. The van der Waals surface area contributed by atoms with Crippen molar-refractivity contribution < 1.29 is 9.47 Å². The van der Waals surface area contributed by atoms with Crippen LogP contribution in [0.5, 0.6) is 11.5 Å². The molecule has 1 saturated heterocycles. The lowest BCUT2D eigenvalue weighted by Crippen LogP contribution is -2.45. The van der Waals surface area contributed by atoms with Crippen LogP contribution in [0.3, 0.4) is 0 Å². The molecule has 19 heavy (non-hydrogen) atoms. The van der Waals surface area contributed by atoms with E-state index in [2.05, 4.69) is 11.0 Å². The molecule has 4 heteroatoms. The topological polar surface area (TPSA) is 45.5 Å². The lowest BCUT2D eigenvalue weighted by Gasteiger charge is -2.32. The highest BCUT2D eigenvalue weighted by Crippen LogP contribution is 2.34. The van der Waals surface area contributed by atoms with Crippen molar-refractivity contribution in [2.45, 2.75) is 31.7 Å². The maximum Gasteiger partial charge on any atom is 0.231 e. The third kappa shape index (κ3) is 2.26. The Hall–Kier alpha value is -1.73. The van der Waals surface area contributed by atoms with Crippen molar-refractivity contribution >= 4 is 0 Å². The van der Waals surface area contributed by atoms with E-state index in [9.17, 15) is 5.26 Å². The number of nitriles is 1. The van der Waals surface area contributed by atoms with Crippen molar-refractivity contribution in [1.29, 1.82) is 5.26 Å². The summed E-state index contributed by atoms with van der Waals surface area (Å²) in [6, 6.07) is 8.44. The lowest BCUT2D eigenvalue weighted by atomic mass is 9.92. The molecule has 0 saturated carbocycles. The van der Waals surface area contributed by atoms with E-state index in [0.29, 0.717) is 6.79 Å². The van der Waals surface area contributed by atoms with Crippen LogP contribution >= 0.6 is 0 Å². The molecule has 0 amide bonds. The predicted octanol–water partition coefficient (Wildman–Crippen LogP) is 2.34. The molecule has 3 rings (SSSR count). The van der Waals surface area contributed by atoms with Gasteiger partial charge in [-0.15, -0.1) is 0 Å². The number of fused-ring (bicyclic) bond motifs is 1. The zero-order valence-corrected chi connectivity index (χ0v) is 11.2. The standard InChI is InChI=1S/C15H18N2O2/c1-15(10-16,17-6-2-3-7-17)9-12-4-5-13-14(8-12)19-11-18-13/h4-5,8H,2-3,6-7,9,11H2,1H3. The quantitative estimate of drug-likeness (QED) is 0.834. The van der Waals surface area contributed by atoms with E-state index in [0.717, 1.165) is 36.6 Å². The minimum Gasteiger partial charge on any atom is -0.454 e. The molecule has 0 aromatic heterocycles. The lowest BCUT2D eigenvalue weighted by molar-refractivity contribution is 0.173. The van der Waals surface area contributed by atoms with Gasteiger partial charge in [-0.2, -0.15) is 5.26 Å². The average Bonchev–Trinajstić information content (AvgIpc) is 3.09. The molecule has 1 aromatic carbocycles. The summed E-state index contributed by atoms with van der Waals surface area (Å²) in [7, 11) is 0. The van der Waals surface area contributed by atoms with Crippen LogP contribution in [-0.4, -0.2) is 30.3 Å². The predicted molar refractivity (Wildman–Crippen MR) is 71.1 cm³/mol. The number of nitrogens with zero attached hydrogens (tertiary/aromatic N) is 2. The Morgan fingerprint density at radius 1 is 1.26 bits per heavy atom. The van der Waals surface area contributed by atoms with Crippen LogP contribution in [0.15, 0.2) is 18.2 Å². The summed E-state index contributed by atoms with van der Waals surface area (Å²) in [5.41, 5.74) is 0.699. The third-order valence-corrected chi connectivity index (χ3v) is 4.03. The van der Waals surface area contributed by atoms with Gasteiger partial charge >= 0.3 is 0 Å². The van der Waals surface area contributed by atoms with Crippen molar-refractivity contribution in [3.63, 3.8) is 0 Å². The van der Waals surface area contributed by atoms with Gasteiger partial charge in [0.05, 0.1) is 6.07 Å². The van der Waals surface area contributed by atoms with E-state index in [1.54, 1.807) is 0 Å². The summed E-state index contributed by atoms with van der Waals surface area (Å²) in [6.07, 6.45) is 3.11. The van der Waals surface area contributed by atoms with Gasteiger partial charge < -0.3 is 9.47 Å². The molecule has 1 fully saturated rings. The smallest absolute Gasteiger partial charge is 0.231 e. The number of ether oxygens (including phenoxy) is 2. The summed E-state index contributed by atoms with van der Waals surface area (Å²) in [5.74, 6) is 1.59. The van der Waals surface area contributed by atoms with Gasteiger partial charge in [-0.3, -0.25) is 4.90 Å². The van der Waals surface area contributed by atoms with E-state index in [1.165, 1.54) is 12.8 Å². The van der Waals surface area contributed by atoms with Gasteiger partial charge in [0.1, 0.15) is 5.54 Å². The van der Waals surface area contributed by atoms with E-state index < -0.39 is 5.54 Å². The first-order valence-corrected chi connectivity index (χ1v) is 6.76. The molecule has 0 N–H and O–H groups in total. The highest BCUT2D eigenvalue weighted by Gasteiger charge is 2.34. The van der Waals surface area contributed by atoms with Crippen molar-refractivity contribution in [1.82, 2.24) is 4.90 Å². The third-order valence-electron chi connectivity index (χ3n) is 4.03. The molecular weight excluding hydrogens is 240 g/mol. The Kier molecular flexibility index (Phi) is 3.08. The Labute approximate surface area is 113 Å². The van der Waals surface area contributed by atoms with Crippen LogP contribution in [0.1, 0.15) is 25.3 Å². The normalized spacial score (nSPS) is 21.1. The van der Waals surface area contributed by atoms with Gasteiger partial charge in [-0.1, -0.05) is 6.07 Å². The van der Waals surface area contributed by atoms with Gasteiger partial charge in [0, 0.05) is 6.42 Å². The summed E-state index contributed by atoms with van der Waals surface area (Å²) in [6.45, 7) is 4.37. The Bertz CT molecular complexity index is 517. The molecule has 1 aromatic rings. The Morgan fingerprint density at radius 2 is 2.00 bits per heavy atom. The zero-order chi connectivity index (χ0) is 13.3. The molecule has 0 spiro atoms. The molecule has 0 bridgehead atoms. The van der Waals surface area contributed by atoms with Crippen molar-refractivity contribution in [2.24, 2.45) is 0 Å². The zero-order valence-electron chi connectivity index (χ0n) is 11.2. The second kappa shape index (κ2) is 4.75. The fourth-order valence-corrected chi connectivity index (χ4v) is 2.88. The fraction of sp³-hybridized carbons (Fsp3) is 0.533. The van der Waals surface area contributed by atoms with Gasteiger partial charge in [0.15, 0.2) is 11.5 Å². The van der Waals surface area contributed by atoms with Crippen LogP contribution in [0.2, 0.25) is 0 Å². The summed E-state index contributed by atoms with van der Waals surface area (Å²) < 4.78 is 10.7. The minimum absolute atomic E-state index is 0.292. The molecule has 2 aliphatic rings. The van der Waals surface area contributed by atoms with Crippen molar-refractivity contribution in [3.8, 4) is 17.6 Å². The van der Waals surface area contributed by atoms with Crippen molar-refractivity contribution in [2.75, 3.05) is 19.9 Å². The molecule has 4 nitrogen and oxygen atoms in total. The molecule has 0 aliphatic carbocycles. The fourth-order valence-electron chi connectivity index (χ4n) is 2.88. The summed E-state index contributed by atoms with van der Waals surface area (Å²) >= 11 is 0. The van der Waals surface area contributed by atoms with Crippen LogP contribution in [-0.2, 0) is 6.42 Å². The minimum atomic E-state index is -0.426. The number of rotatable bonds is 3. The van der Waals surface area contributed by atoms with E-state index >= 15 is 0 Å². The first kappa shape index (κ1) is 12.3. The number of benzene rings is 1. The van der Waals surface area contributed by atoms with Gasteiger partial charge in [0.2, 0.25) is 6.79 Å². The van der Waals surface area contributed by atoms with Crippen molar-refractivity contribution in [3.05, 3.63) is 23.8 Å². The SMILES string of the molecule is CC(C#N)(Cc1ccc2c(c1)OCO2)N1CCCC1. The Morgan fingerprint density at radius 3 is 2.74 bits per heavy atom. The van der Waals surface area contributed by atoms with Gasteiger partial charge in [-0.25, -0.2) is 0 Å². The first-order chi connectivity index (χ1) is 9.21. The summed E-state index contributed by atoms with van der Waals surface area (Å²) in [5, 5.41) is 9.55. The molecule has 100 valence electrons. The molecule has 1 unspecified atom stereocenters. The first-order valence-electron chi connectivity index (χ1n) is 6.76. The monoisotopic (exact) mass is 258 g/mol. The number of hydrogen-bond donors (Lipinski definition) is 0. The molecule has 2 aliphatic heterocycles. The second-order valence-electron chi connectivity index (χ2n) is 5.44. The maximum absolute atomic E-state index is 9.55. The van der Waals surface area contributed by atoms with Gasteiger partial charge in [0.25, 0.3) is 0 Å². The number of hydrogen-bond acceptors (Lipinski definition) is 4. The van der Waals surface area contributed by atoms with Crippen LogP contribution in [0, 0.1) is 11.3 Å². The largest absolute Gasteiger partial charge is 0.454 e. The highest BCUT2D eigenvalue weighted by molar-refractivity contribution is 5.45. The van der Waals surface area contributed by atoms with E-state index in [-0.39, 0.29) is 0 Å². The molecule has 1 atom stereocenters. The van der Waals surface area contributed by atoms with Gasteiger partial charge in [-0.05, 0) is 50.6 Å².